The molecule has 19 heavy (non-hydrogen) atoms. The molecule has 0 aliphatic heterocycles. The lowest BCUT2D eigenvalue weighted by Crippen LogP contribution is -2.08. The molecule has 2 N–H and O–H groups in total. The Labute approximate surface area is 112 Å². The first-order valence-corrected chi connectivity index (χ1v) is 6.34. The Hall–Kier alpha value is -1.74. The van der Waals surface area contributed by atoms with Crippen LogP contribution in [-0.4, -0.2) is 0 Å². The van der Waals surface area contributed by atoms with Gasteiger partial charge in [-0.1, -0.05) is 25.1 Å². The molecular formula is C16H17F2N. The summed E-state index contributed by atoms with van der Waals surface area (Å²) < 4.78 is 27.1. The Morgan fingerprint density at radius 1 is 1.11 bits per heavy atom. The van der Waals surface area contributed by atoms with Gasteiger partial charge in [0.2, 0.25) is 0 Å². The van der Waals surface area contributed by atoms with E-state index in [4.69, 9.17) is 5.73 Å². The van der Waals surface area contributed by atoms with E-state index in [1.807, 2.05) is 31.2 Å². The van der Waals surface area contributed by atoms with Crippen LogP contribution in [0.5, 0.6) is 0 Å². The van der Waals surface area contributed by atoms with Gasteiger partial charge in [-0.15, -0.1) is 0 Å². The molecule has 3 heteroatoms. The second-order valence-electron chi connectivity index (χ2n) is 4.72. The third-order valence-electron chi connectivity index (χ3n) is 3.31. The molecule has 2 rings (SSSR count). The molecule has 1 nitrogen and oxygen atoms in total. The van der Waals surface area contributed by atoms with Crippen molar-refractivity contribution in [1.82, 2.24) is 0 Å². The molecular weight excluding hydrogens is 244 g/mol. The monoisotopic (exact) mass is 261 g/mol. The largest absolute Gasteiger partial charge is 0.324 e. The molecule has 100 valence electrons. The third kappa shape index (κ3) is 2.82. The molecule has 2 aromatic rings. The summed E-state index contributed by atoms with van der Waals surface area (Å²) in [5, 5.41) is 0. The molecule has 0 saturated carbocycles. The number of aryl methyl sites for hydroxylation is 1. The van der Waals surface area contributed by atoms with E-state index in [9.17, 15) is 8.78 Å². The summed E-state index contributed by atoms with van der Waals surface area (Å²) in [6.07, 6.45) is 0.814. The minimum atomic E-state index is -0.551. The van der Waals surface area contributed by atoms with Crippen LogP contribution in [0.2, 0.25) is 0 Å². The van der Waals surface area contributed by atoms with Crippen LogP contribution in [0.1, 0.15) is 30.5 Å². The Morgan fingerprint density at radius 3 is 2.53 bits per heavy atom. The molecule has 0 aromatic heterocycles. The van der Waals surface area contributed by atoms with Crippen LogP contribution in [0.3, 0.4) is 0 Å². The SMILES string of the molecule is CCC(N)c1cccc(-c2cc(C)c(F)cc2F)c1. The van der Waals surface area contributed by atoms with Crippen molar-refractivity contribution in [3.8, 4) is 11.1 Å². The van der Waals surface area contributed by atoms with Crippen molar-refractivity contribution >= 4 is 0 Å². The van der Waals surface area contributed by atoms with Crippen molar-refractivity contribution in [3.05, 3.63) is 59.2 Å². The molecule has 0 radical (unpaired) electrons. The summed E-state index contributed by atoms with van der Waals surface area (Å²) in [5.74, 6) is -1.08. The highest BCUT2D eigenvalue weighted by Gasteiger charge is 2.11. The fourth-order valence-electron chi connectivity index (χ4n) is 2.05. The van der Waals surface area contributed by atoms with E-state index in [0.717, 1.165) is 23.6 Å². The van der Waals surface area contributed by atoms with Gasteiger partial charge in [0.05, 0.1) is 0 Å². The maximum absolute atomic E-state index is 13.9. The molecule has 0 aliphatic carbocycles. The number of benzene rings is 2. The van der Waals surface area contributed by atoms with Crippen molar-refractivity contribution in [2.45, 2.75) is 26.3 Å². The zero-order valence-electron chi connectivity index (χ0n) is 11.1. The standard InChI is InChI=1S/C16H17F2N/c1-3-16(19)12-6-4-5-11(8-12)13-7-10(2)14(17)9-15(13)18/h4-9,16H,3,19H2,1-2H3. The zero-order valence-corrected chi connectivity index (χ0v) is 11.1. The molecule has 1 unspecified atom stereocenters. The molecule has 0 fully saturated rings. The highest BCUT2D eigenvalue weighted by atomic mass is 19.1. The zero-order chi connectivity index (χ0) is 14.0. The van der Waals surface area contributed by atoms with Gasteiger partial charge in [-0.25, -0.2) is 8.78 Å². The fraction of sp³-hybridized carbons (Fsp3) is 0.250. The molecule has 0 heterocycles. The normalized spacial score (nSPS) is 12.5. The predicted molar refractivity (Wildman–Crippen MR) is 73.8 cm³/mol. The van der Waals surface area contributed by atoms with Gasteiger partial charge < -0.3 is 5.73 Å². The summed E-state index contributed by atoms with van der Waals surface area (Å²) in [7, 11) is 0. The number of nitrogens with two attached hydrogens (primary N) is 1. The van der Waals surface area contributed by atoms with Crippen LogP contribution in [0.15, 0.2) is 36.4 Å². The van der Waals surface area contributed by atoms with Crippen LogP contribution >= 0.6 is 0 Å². The quantitative estimate of drug-likeness (QED) is 0.873. The highest BCUT2D eigenvalue weighted by molar-refractivity contribution is 5.66. The molecule has 0 amide bonds. The number of hydrogen-bond donors (Lipinski definition) is 1. The third-order valence-corrected chi connectivity index (χ3v) is 3.31. The summed E-state index contributed by atoms with van der Waals surface area (Å²) >= 11 is 0. The average Bonchev–Trinajstić information content (AvgIpc) is 2.42. The van der Waals surface area contributed by atoms with Crippen molar-refractivity contribution in [2.75, 3.05) is 0 Å². The topological polar surface area (TPSA) is 26.0 Å². The fourth-order valence-corrected chi connectivity index (χ4v) is 2.05. The van der Waals surface area contributed by atoms with E-state index in [2.05, 4.69) is 0 Å². The maximum atomic E-state index is 13.9. The van der Waals surface area contributed by atoms with Gasteiger partial charge in [-0.05, 0) is 42.2 Å². The second-order valence-corrected chi connectivity index (χ2v) is 4.72. The predicted octanol–water partition coefficient (Wildman–Crippen LogP) is 4.35. The van der Waals surface area contributed by atoms with Crippen LogP contribution in [0.25, 0.3) is 11.1 Å². The number of halogens is 2. The van der Waals surface area contributed by atoms with Crippen LogP contribution < -0.4 is 5.73 Å². The van der Waals surface area contributed by atoms with E-state index >= 15 is 0 Å². The second kappa shape index (κ2) is 5.49. The van der Waals surface area contributed by atoms with E-state index in [1.54, 1.807) is 6.92 Å². The van der Waals surface area contributed by atoms with E-state index in [-0.39, 0.29) is 6.04 Å². The lowest BCUT2D eigenvalue weighted by Gasteiger charge is -2.12. The molecule has 0 aliphatic rings. The summed E-state index contributed by atoms with van der Waals surface area (Å²) in [6.45, 7) is 3.62. The van der Waals surface area contributed by atoms with Gasteiger partial charge in [0.15, 0.2) is 0 Å². The Kier molecular flexibility index (Phi) is 3.96. The van der Waals surface area contributed by atoms with Crippen LogP contribution in [-0.2, 0) is 0 Å². The Morgan fingerprint density at radius 2 is 1.84 bits per heavy atom. The average molecular weight is 261 g/mol. The Bertz CT molecular complexity index is 593. The lowest BCUT2D eigenvalue weighted by molar-refractivity contribution is 0.579. The van der Waals surface area contributed by atoms with Crippen molar-refractivity contribution in [3.63, 3.8) is 0 Å². The summed E-state index contributed by atoms with van der Waals surface area (Å²) in [6, 6.07) is 9.83. The van der Waals surface area contributed by atoms with Crippen LogP contribution in [0, 0.1) is 18.6 Å². The van der Waals surface area contributed by atoms with Crippen molar-refractivity contribution in [2.24, 2.45) is 5.73 Å². The van der Waals surface area contributed by atoms with Gasteiger partial charge in [0, 0.05) is 17.7 Å². The maximum Gasteiger partial charge on any atom is 0.133 e. The van der Waals surface area contributed by atoms with E-state index < -0.39 is 11.6 Å². The van der Waals surface area contributed by atoms with Gasteiger partial charge in [0.1, 0.15) is 11.6 Å². The molecule has 0 bridgehead atoms. The van der Waals surface area contributed by atoms with E-state index in [1.165, 1.54) is 6.07 Å². The molecule has 0 spiro atoms. The minimum absolute atomic E-state index is 0.0652. The number of hydrogen-bond acceptors (Lipinski definition) is 1. The molecule has 0 saturated heterocycles. The van der Waals surface area contributed by atoms with Crippen LogP contribution in [0.4, 0.5) is 8.78 Å². The number of rotatable bonds is 3. The highest BCUT2D eigenvalue weighted by Crippen LogP contribution is 2.27. The van der Waals surface area contributed by atoms with Crippen molar-refractivity contribution < 1.29 is 8.78 Å². The summed E-state index contributed by atoms with van der Waals surface area (Å²) in [4.78, 5) is 0. The van der Waals surface area contributed by atoms with Gasteiger partial charge in [0.25, 0.3) is 0 Å². The van der Waals surface area contributed by atoms with Crippen molar-refractivity contribution in [1.29, 1.82) is 0 Å². The first-order valence-electron chi connectivity index (χ1n) is 6.34. The van der Waals surface area contributed by atoms with E-state index in [0.29, 0.717) is 11.1 Å². The Balaban J connectivity index is 2.50. The summed E-state index contributed by atoms with van der Waals surface area (Å²) in [5.41, 5.74) is 8.50. The minimum Gasteiger partial charge on any atom is -0.324 e. The first-order chi connectivity index (χ1) is 9.02. The molecule has 2 aromatic carbocycles. The van der Waals surface area contributed by atoms with Gasteiger partial charge in [-0.2, -0.15) is 0 Å². The first kappa shape index (κ1) is 13.7. The van der Waals surface area contributed by atoms with Gasteiger partial charge in [-0.3, -0.25) is 0 Å². The lowest BCUT2D eigenvalue weighted by atomic mass is 9.97. The smallest absolute Gasteiger partial charge is 0.133 e. The van der Waals surface area contributed by atoms with Gasteiger partial charge >= 0.3 is 0 Å². The molecule has 1 atom stereocenters.